The Kier molecular flexibility index (Phi) is 2.41. The molecule has 0 saturated heterocycles. The van der Waals surface area contributed by atoms with Crippen molar-refractivity contribution >= 4 is 33.7 Å². The zero-order chi connectivity index (χ0) is 7.61. The number of methoxy groups -OCH3 is 1. The van der Waals surface area contributed by atoms with Gasteiger partial charge >= 0.3 is 5.97 Å². The van der Waals surface area contributed by atoms with E-state index in [9.17, 15) is 4.79 Å². The molecule has 1 heterocycles. The lowest BCUT2D eigenvalue weighted by atomic mass is 10.3. The van der Waals surface area contributed by atoms with Crippen LogP contribution in [0.25, 0.3) is 0 Å². The summed E-state index contributed by atoms with van der Waals surface area (Å²) < 4.78 is 4.05. The summed E-state index contributed by atoms with van der Waals surface area (Å²) in [6.07, 6.45) is 2.64. The van der Waals surface area contributed by atoms with Crippen molar-refractivity contribution in [3.63, 3.8) is 0 Å². The Balaban J connectivity index is 2.61. The van der Waals surface area contributed by atoms with Gasteiger partial charge in [-0.25, -0.2) is 4.79 Å². The van der Waals surface area contributed by atoms with Gasteiger partial charge in [0.25, 0.3) is 0 Å². The van der Waals surface area contributed by atoms with Crippen LogP contribution in [0.1, 0.15) is 6.42 Å². The first-order valence-electron chi connectivity index (χ1n) is 2.79. The van der Waals surface area contributed by atoms with Gasteiger partial charge in [0.2, 0.25) is 0 Å². The number of thioether (sulfide) groups is 1. The number of alkyl halides is 1. The van der Waals surface area contributed by atoms with Crippen molar-refractivity contribution < 1.29 is 9.53 Å². The normalized spacial score (nSPS) is 30.6. The molecule has 1 unspecified atom stereocenters. The monoisotopic (exact) mass is 222 g/mol. The summed E-state index contributed by atoms with van der Waals surface area (Å²) in [6, 6.07) is 0. The zero-order valence-corrected chi connectivity index (χ0v) is 7.87. The maximum Gasteiger partial charge on any atom is 0.333 e. The van der Waals surface area contributed by atoms with Gasteiger partial charge in [0.15, 0.2) is 3.66 Å². The van der Waals surface area contributed by atoms with Gasteiger partial charge in [0.1, 0.15) is 0 Å². The van der Waals surface area contributed by atoms with E-state index in [1.54, 1.807) is 0 Å². The Morgan fingerprint density at radius 3 is 3.00 bits per heavy atom. The molecular formula is C6H7BrO2S. The third-order valence-electron chi connectivity index (χ3n) is 1.22. The number of hydrogen-bond acceptors (Lipinski definition) is 3. The molecule has 0 aromatic carbocycles. The van der Waals surface area contributed by atoms with Gasteiger partial charge in [-0.05, 0) is 5.41 Å². The van der Waals surface area contributed by atoms with Gasteiger partial charge in [-0.15, -0.1) is 11.8 Å². The van der Waals surface area contributed by atoms with E-state index >= 15 is 0 Å². The fraction of sp³-hybridized carbons (Fsp3) is 0.500. The van der Waals surface area contributed by atoms with Crippen molar-refractivity contribution in [1.82, 2.24) is 0 Å². The number of hydrogen-bond donors (Lipinski definition) is 0. The third kappa shape index (κ3) is 1.37. The molecule has 0 aromatic heterocycles. The molecule has 4 heteroatoms. The van der Waals surface area contributed by atoms with Crippen LogP contribution in [-0.2, 0) is 9.53 Å². The predicted octanol–water partition coefficient (Wildman–Crippen LogP) is 1.90. The van der Waals surface area contributed by atoms with Crippen LogP contribution in [-0.4, -0.2) is 16.7 Å². The smallest absolute Gasteiger partial charge is 0.333 e. The maximum absolute atomic E-state index is 11.0. The minimum absolute atomic E-state index is 0.220. The van der Waals surface area contributed by atoms with Gasteiger partial charge in [0, 0.05) is 6.42 Å². The lowest BCUT2D eigenvalue weighted by Gasteiger charge is -2.15. The molecule has 0 spiro atoms. The quantitative estimate of drug-likeness (QED) is 0.501. The van der Waals surface area contributed by atoms with Crippen molar-refractivity contribution in [2.45, 2.75) is 10.1 Å². The van der Waals surface area contributed by atoms with Gasteiger partial charge in [-0.3, -0.25) is 0 Å². The number of allylic oxidation sites excluding steroid dienone is 1. The second-order valence-electron chi connectivity index (χ2n) is 1.91. The Morgan fingerprint density at radius 1 is 1.90 bits per heavy atom. The standard InChI is InChI=1S/C6H7BrO2S/c1-9-5(8)6(7)3-2-4-10-6/h2,4H,3H2,1H3. The lowest BCUT2D eigenvalue weighted by Crippen LogP contribution is -2.26. The van der Waals surface area contributed by atoms with Crippen LogP contribution < -0.4 is 0 Å². The highest BCUT2D eigenvalue weighted by molar-refractivity contribution is 9.12. The van der Waals surface area contributed by atoms with Crippen LogP contribution in [0.5, 0.6) is 0 Å². The highest BCUT2D eigenvalue weighted by Gasteiger charge is 2.38. The summed E-state index contributed by atoms with van der Waals surface area (Å²) in [5.41, 5.74) is 0. The average molecular weight is 223 g/mol. The van der Waals surface area contributed by atoms with Crippen molar-refractivity contribution in [3.05, 3.63) is 11.5 Å². The van der Waals surface area contributed by atoms with Crippen molar-refractivity contribution in [2.75, 3.05) is 7.11 Å². The molecule has 0 saturated carbocycles. The molecule has 2 nitrogen and oxygen atoms in total. The number of carbonyl (C=O) groups excluding carboxylic acids is 1. The van der Waals surface area contributed by atoms with Crippen molar-refractivity contribution in [3.8, 4) is 0 Å². The molecule has 10 heavy (non-hydrogen) atoms. The molecule has 1 atom stereocenters. The molecule has 0 fully saturated rings. The van der Waals surface area contributed by atoms with E-state index in [1.807, 2.05) is 11.5 Å². The summed E-state index contributed by atoms with van der Waals surface area (Å²) in [7, 11) is 1.39. The minimum Gasteiger partial charge on any atom is -0.467 e. The molecular weight excluding hydrogens is 216 g/mol. The van der Waals surface area contributed by atoms with E-state index in [0.29, 0.717) is 6.42 Å². The van der Waals surface area contributed by atoms with Gasteiger partial charge in [-0.1, -0.05) is 22.0 Å². The maximum atomic E-state index is 11.0. The third-order valence-corrected chi connectivity index (χ3v) is 3.47. The average Bonchev–Trinajstić information content (AvgIpc) is 2.36. The second-order valence-corrected chi connectivity index (χ2v) is 5.00. The largest absolute Gasteiger partial charge is 0.467 e. The second kappa shape index (κ2) is 2.96. The number of carbonyl (C=O) groups is 1. The minimum atomic E-state index is -0.540. The molecule has 0 amide bonds. The van der Waals surface area contributed by atoms with E-state index in [1.165, 1.54) is 18.9 Å². The first-order valence-corrected chi connectivity index (χ1v) is 4.46. The fourth-order valence-electron chi connectivity index (χ4n) is 0.688. The summed E-state index contributed by atoms with van der Waals surface area (Å²) in [4.78, 5) is 11.0. The predicted molar refractivity (Wildman–Crippen MR) is 45.0 cm³/mol. The molecule has 1 rings (SSSR count). The number of halogens is 1. The van der Waals surface area contributed by atoms with E-state index in [2.05, 4.69) is 20.7 Å². The fourth-order valence-corrected chi connectivity index (χ4v) is 2.14. The topological polar surface area (TPSA) is 26.3 Å². The van der Waals surface area contributed by atoms with E-state index in [-0.39, 0.29) is 5.97 Å². The zero-order valence-electron chi connectivity index (χ0n) is 5.46. The van der Waals surface area contributed by atoms with Crippen molar-refractivity contribution in [1.29, 1.82) is 0 Å². The van der Waals surface area contributed by atoms with Crippen LogP contribution in [0.3, 0.4) is 0 Å². The molecule has 1 aliphatic heterocycles. The van der Waals surface area contributed by atoms with Crippen LogP contribution in [0.2, 0.25) is 0 Å². The molecule has 0 N–H and O–H groups in total. The Labute approximate surface area is 72.1 Å². The number of ether oxygens (including phenoxy) is 1. The summed E-state index contributed by atoms with van der Waals surface area (Å²) in [5.74, 6) is -0.220. The van der Waals surface area contributed by atoms with Gasteiger partial charge in [0.05, 0.1) is 7.11 Å². The molecule has 0 aromatic rings. The first kappa shape index (κ1) is 8.14. The van der Waals surface area contributed by atoms with Gasteiger partial charge in [-0.2, -0.15) is 0 Å². The molecule has 56 valence electrons. The highest BCUT2D eigenvalue weighted by Crippen LogP contribution is 2.42. The van der Waals surface area contributed by atoms with Crippen LogP contribution >= 0.6 is 27.7 Å². The molecule has 0 radical (unpaired) electrons. The summed E-state index contributed by atoms with van der Waals surface area (Å²) >= 11 is 4.74. The van der Waals surface area contributed by atoms with Crippen LogP contribution in [0.4, 0.5) is 0 Å². The van der Waals surface area contributed by atoms with Crippen molar-refractivity contribution in [2.24, 2.45) is 0 Å². The Morgan fingerprint density at radius 2 is 2.60 bits per heavy atom. The van der Waals surface area contributed by atoms with E-state index < -0.39 is 3.66 Å². The van der Waals surface area contributed by atoms with Gasteiger partial charge < -0.3 is 4.74 Å². The number of esters is 1. The molecule has 0 bridgehead atoms. The first-order chi connectivity index (χ1) is 4.69. The van der Waals surface area contributed by atoms with Crippen LogP contribution in [0, 0.1) is 0 Å². The Bertz CT molecular complexity index is 171. The Hall–Kier alpha value is 0.0400. The summed E-state index contributed by atoms with van der Waals surface area (Å²) in [5, 5.41) is 1.89. The van der Waals surface area contributed by atoms with E-state index in [4.69, 9.17) is 0 Å². The SMILES string of the molecule is COC(=O)C1(Br)CC=CS1. The molecule has 1 aliphatic rings. The lowest BCUT2D eigenvalue weighted by molar-refractivity contribution is -0.140. The highest BCUT2D eigenvalue weighted by atomic mass is 79.9. The summed E-state index contributed by atoms with van der Waals surface area (Å²) in [6.45, 7) is 0. The van der Waals surface area contributed by atoms with E-state index in [0.717, 1.165) is 0 Å². The number of rotatable bonds is 1. The molecule has 0 aliphatic carbocycles. The van der Waals surface area contributed by atoms with Crippen LogP contribution in [0.15, 0.2) is 11.5 Å².